The third-order valence-electron chi connectivity index (χ3n) is 3.13. The Morgan fingerprint density at radius 2 is 2.00 bits per heavy atom. The Morgan fingerprint density at radius 3 is 2.65 bits per heavy atom. The maximum atomic E-state index is 4.32. The Bertz CT molecular complexity index is 488. The lowest BCUT2D eigenvalue weighted by Gasteiger charge is -2.39. The number of nitrogens with zero attached hydrogens (tertiary/aromatic N) is 3. The minimum Gasteiger partial charge on any atom is -0.295 e. The minimum atomic E-state index is 0.532. The summed E-state index contributed by atoms with van der Waals surface area (Å²) in [5, 5.41) is 4.32. The van der Waals surface area contributed by atoms with Crippen LogP contribution in [-0.4, -0.2) is 27.8 Å². The van der Waals surface area contributed by atoms with E-state index in [1.165, 1.54) is 5.56 Å². The molecule has 0 spiro atoms. The zero-order chi connectivity index (χ0) is 11.7. The molecular formula is C13H14BrN3. The normalized spacial score (nSPS) is 17.0. The second-order valence-electron chi connectivity index (χ2n) is 4.47. The Hall–Kier alpha value is -1.13. The van der Waals surface area contributed by atoms with Crippen molar-refractivity contribution >= 4 is 15.9 Å². The monoisotopic (exact) mass is 291 g/mol. The molecule has 1 saturated heterocycles. The van der Waals surface area contributed by atoms with Crippen molar-refractivity contribution in [2.75, 3.05) is 13.1 Å². The summed E-state index contributed by atoms with van der Waals surface area (Å²) in [6.07, 6.45) is 3.89. The molecule has 1 aromatic heterocycles. The molecule has 0 saturated carbocycles. The smallest absolute Gasteiger partial charge is 0.0773 e. The average molecular weight is 292 g/mol. The Kier molecular flexibility index (Phi) is 2.99. The van der Waals surface area contributed by atoms with Crippen molar-refractivity contribution in [3.8, 4) is 0 Å². The molecule has 1 aliphatic heterocycles. The van der Waals surface area contributed by atoms with Crippen molar-refractivity contribution in [2.45, 2.75) is 12.6 Å². The molecule has 17 heavy (non-hydrogen) atoms. The highest BCUT2D eigenvalue weighted by atomic mass is 79.9. The maximum absolute atomic E-state index is 4.32. The fraction of sp³-hybridized carbons (Fsp3) is 0.308. The van der Waals surface area contributed by atoms with Crippen LogP contribution in [0.25, 0.3) is 0 Å². The maximum Gasteiger partial charge on any atom is 0.0773 e. The molecule has 2 aromatic rings. The van der Waals surface area contributed by atoms with Crippen LogP contribution in [0.4, 0.5) is 0 Å². The first-order chi connectivity index (χ1) is 8.31. The van der Waals surface area contributed by atoms with E-state index in [1.54, 1.807) is 0 Å². The molecule has 4 heteroatoms. The average Bonchev–Trinajstić information content (AvgIpc) is 2.71. The lowest BCUT2D eigenvalue weighted by atomic mass is 10.1. The number of rotatable bonds is 3. The van der Waals surface area contributed by atoms with Crippen LogP contribution in [0.3, 0.4) is 0 Å². The lowest BCUT2D eigenvalue weighted by molar-refractivity contribution is 0.0909. The number of benzene rings is 1. The predicted octanol–water partition coefficient (Wildman–Crippen LogP) is 2.70. The molecule has 1 aromatic carbocycles. The van der Waals surface area contributed by atoms with Gasteiger partial charge in [0.1, 0.15) is 0 Å². The van der Waals surface area contributed by atoms with Gasteiger partial charge in [-0.25, -0.2) is 0 Å². The third kappa shape index (κ3) is 2.42. The van der Waals surface area contributed by atoms with Gasteiger partial charge in [-0.05, 0) is 21.5 Å². The molecule has 0 N–H and O–H groups in total. The standard InChI is InChI=1S/C13H14BrN3/c14-12-6-15-17(8-12)13-9-16(10-13)7-11-4-2-1-3-5-11/h1-6,8,13H,7,9-10H2. The van der Waals surface area contributed by atoms with E-state index in [9.17, 15) is 0 Å². The molecule has 0 aliphatic carbocycles. The number of halogens is 1. The van der Waals surface area contributed by atoms with Crippen LogP contribution in [0, 0.1) is 0 Å². The quantitative estimate of drug-likeness (QED) is 0.867. The van der Waals surface area contributed by atoms with Gasteiger partial charge < -0.3 is 0 Å². The molecule has 1 aliphatic rings. The zero-order valence-electron chi connectivity index (χ0n) is 9.46. The summed E-state index contributed by atoms with van der Waals surface area (Å²) < 4.78 is 3.10. The molecule has 2 heterocycles. The van der Waals surface area contributed by atoms with Crippen LogP contribution in [0.5, 0.6) is 0 Å². The molecule has 0 amide bonds. The van der Waals surface area contributed by atoms with E-state index in [2.05, 4.69) is 56.3 Å². The Labute approximate surface area is 109 Å². The highest BCUT2D eigenvalue weighted by Gasteiger charge is 2.28. The SMILES string of the molecule is Brc1cnn(C2CN(Cc3ccccc3)C2)c1. The Morgan fingerprint density at radius 1 is 1.24 bits per heavy atom. The summed E-state index contributed by atoms with van der Waals surface area (Å²) >= 11 is 3.43. The van der Waals surface area contributed by atoms with Gasteiger partial charge in [-0.2, -0.15) is 5.10 Å². The number of aromatic nitrogens is 2. The molecule has 88 valence electrons. The van der Waals surface area contributed by atoms with Crippen LogP contribution in [0.15, 0.2) is 47.2 Å². The van der Waals surface area contributed by atoms with Gasteiger partial charge >= 0.3 is 0 Å². The van der Waals surface area contributed by atoms with Gasteiger partial charge in [0.2, 0.25) is 0 Å². The second-order valence-corrected chi connectivity index (χ2v) is 5.39. The first-order valence-corrected chi connectivity index (χ1v) is 6.56. The van der Waals surface area contributed by atoms with Crippen molar-refractivity contribution in [1.29, 1.82) is 0 Å². The zero-order valence-corrected chi connectivity index (χ0v) is 11.0. The highest BCUT2D eigenvalue weighted by Crippen LogP contribution is 2.23. The first kappa shape index (κ1) is 11.0. The van der Waals surface area contributed by atoms with Crippen LogP contribution in [0.2, 0.25) is 0 Å². The van der Waals surface area contributed by atoms with Gasteiger partial charge in [0.25, 0.3) is 0 Å². The summed E-state index contributed by atoms with van der Waals surface area (Å²) in [5.41, 5.74) is 1.38. The summed E-state index contributed by atoms with van der Waals surface area (Å²) in [6.45, 7) is 3.21. The molecule has 0 unspecified atom stereocenters. The highest BCUT2D eigenvalue weighted by molar-refractivity contribution is 9.10. The number of hydrogen-bond donors (Lipinski definition) is 0. The molecule has 1 fully saturated rings. The van der Waals surface area contributed by atoms with Crippen molar-refractivity contribution in [1.82, 2.24) is 14.7 Å². The van der Waals surface area contributed by atoms with Crippen LogP contribution in [-0.2, 0) is 6.54 Å². The molecule has 0 bridgehead atoms. The van der Waals surface area contributed by atoms with Gasteiger partial charge in [-0.1, -0.05) is 30.3 Å². The predicted molar refractivity (Wildman–Crippen MR) is 70.7 cm³/mol. The fourth-order valence-electron chi connectivity index (χ4n) is 2.20. The summed E-state index contributed by atoms with van der Waals surface area (Å²) in [7, 11) is 0. The topological polar surface area (TPSA) is 21.1 Å². The van der Waals surface area contributed by atoms with E-state index >= 15 is 0 Å². The third-order valence-corrected chi connectivity index (χ3v) is 3.54. The van der Waals surface area contributed by atoms with Crippen LogP contribution in [0.1, 0.15) is 11.6 Å². The van der Waals surface area contributed by atoms with E-state index in [4.69, 9.17) is 0 Å². The van der Waals surface area contributed by atoms with Crippen molar-refractivity contribution < 1.29 is 0 Å². The largest absolute Gasteiger partial charge is 0.295 e. The number of hydrogen-bond acceptors (Lipinski definition) is 2. The van der Waals surface area contributed by atoms with E-state index < -0.39 is 0 Å². The molecule has 0 radical (unpaired) electrons. The van der Waals surface area contributed by atoms with Crippen molar-refractivity contribution in [3.63, 3.8) is 0 Å². The lowest BCUT2D eigenvalue weighted by Crippen LogP contribution is -2.47. The van der Waals surface area contributed by atoms with E-state index in [-0.39, 0.29) is 0 Å². The van der Waals surface area contributed by atoms with Gasteiger partial charge in [-0.3, -0.25) is 9.58 Å². The van der Waals surface area contributed by atoms with Gasteiger partial charge in [-0.15, -0.1) is 0 Å². The minimum absolute atomic E-state index is 0.532. The summed E-state index contributed by atoms with van der Waals surface area (Å²) in [5.74, 6) is 0. The molecule has 3 nitrogen and oxygen atoms in total. The van der Waals surface area contributed by atoms with E-state index in [0.717, 1.165) is 24.1 Å². The van der Waals surface area contributed by atoms with Crippen molar-refractivity contribution in [2.24, 2.45) is 0 Å². The molecular weight excluding hydrogens is 278 g/mol. The summed E-state index contributed by atoms with van der Waals surface area (Å²) in [6, 6.07) is 11.1. The number of likely N-dealkylation sites (tertiary alicyclic amines) is 1. The van der Waals surface area contributed by atoms with E-state index in [1.807, 2.05) is 17.1 Å². The van der Waals surface area contributed by atoms with E-state index in [0.29, 0.717) is 6.04 Å². The fourth-order valence-corrected chi connectivity index (χ4v) is 2.50. The van der Waals surface area contributed by atoms with Gasteiger partial charge in [0, 0.05) is 25.8 Å². The van der Waals surface area contributed by atoms with Gasteiger partial charge in [0.05, 0.1) is 16.7 Å². The van der Waals surface area contributed by atoms with Gasteiger partial charge in [0.15, 0.2) is 0 Å². The van der Waals surface area contributed by atoms with Crippen molar-refractivity contribution in [3.05, 3.63) is 52.8 Å². The second kappa shape index (κ2) is 4.63. The van der Waals surface area contributed by atoms with Crippen LogP contribution < -0.4 is 0 Å². The van der Waals surface area contributed by atoms with Crippen LogP contribution >= 0.6 is 15.9 Å². The Balaban J connectivity index is 1.55. The summed E-state index contributed by atoms with van der Waals surface area (Å²) in [4.78, 5) is 2.44. The first-order valence-electron chi connectivity index (χ1n) is 5.77. The molecule has 3 rings (SSSR count). The molecule has 0 atom stereocenters.